The normalized spacial score (nSPS) is 11.8. The lowest BCUT2D eigenvalue weighted by atomic mass is 9.85. The summed E-state index contributed by atoms with van der Waals surface area (Å²) in [6.07, 6.45) is 0.247. The van der Waals surface area contributed by atoms with Crippen LogP contribution in [0.2, 0.25) is 0 Å². The number of nitrogens with zero attached hydrogens (tertiary/aromatic N) is 1. The quantitative estimate of drug-likeness (QED) is 0.662. The van der Waals surface area contributed by atoms with E-state index >= 15 is 0 Å². The van der Waals surface area contributed by atoms with E-state index in [0.717, 1.165) is 23.2 Å². The van der Waals surface area contributed by atoms with Crippen LogP contribution in [-0.4, -0.2) is 25.3 Å². The monoisotopic (exact) mass is 413 g/mol. The lowest BCUT2D eigenvalue weighted by Gasteiger charge is -2.25. The van der Waals surface area contributed by atoms with Crippen molar-refractivity contribution in [3.8, 4) is 5.75 Å². The molecule has 30 heavy (non-hydrogen) atoms. The Hall–Kier alpha value is -2.89. The SMILES string of the molecule is CN(C(=O)OC(C)(C)C)c1cc(OCCc2ccc(C(C)(C)C)c(N)c2)ccc1N. The topological polar surface area (TPSA) is 90.8 Å². The number of nitrogens with two attached hydrogens (primary N) is 2. The molecule has 0 heterocycles. The Bertz CT molecular complexity index is 896. The number of anilines is 3. The summed E-state index contributed by atoms with van der Waals surface area (Å²) in [4.78, 5) is 13.7. The summed E-state index contributed by atoms with van der Waals surface area (Å²) in [5.41, 5.74) is 15.8. The molecule has 2 aromatic rings. The van der Waals surface area contributed by atoms with Gasteiger partial charge in [-0.25, -0.2) is 4.79 Å². The van der Waals surface area contributed by atoms with Crippen molar-refractivity contribution in [1.29, 1.82) is 0 Å². The summed E-state index contributed by atoms with van der Waals surface area (Å²) >= 11 is 0. The van der Waals surface area contributed by atoms with Crippen LogP contribution in [-0.2, 0) is 16.6 Å². The van der Waals surface area contributed by atoms with Gasteiger partial charge in [0, 0.05) is 25.2 Å². The molecule has 0 spiro atoms. The van der Waals surface area contributed by atoms with Crippen LogP contribution in [0, 0.1) is 0 Å². The lowest BCUT2D eigenvalue weighted by molar-refractivity contribution is 0.0589. The zero-order valence-corrected chi connectivity index (χ0v) is 19.2. The Labute approximate surface area is 180 Å². The van der Waals surface area contributed by atoms with E-state index in [4.69, 9.17) is 20.9 Å². The van der Waals surface area contributed by atoms with E-state index in [9.17, 15) is 4.79 Å². The largest absolute Gasteiger partial charge is 0.493 e. The van der Waals surface area contributed by atoms with Crippen LogP contribution in [0.4, 0.5) is 21.9 Å². The third kappa shape index (κ3) is 6.31. The molecular formula is C24H35N3O3. The number of hydrogen-bond donors (Lipinski definition) is 2. The number of hydrogen-bond acceptors (Lipinski definition) is 5. The molecule has 4 N–H and O–H groups in total. The van der Waals surface area contributed by atoms with Gasteiger partial charge in [-0.1, -0.05) is 32.9 Å². The number of carbonyl (C=O) groups excluding carboxylic acids is 1. The van der Waals surface area contributed by atoms with E-state index in [1.807, 2.05) is 26.8 Å². The maximum Gasteiger partial charge on any atom is 0.414 e. The summed E-state index contributed by atoms with van der Waals surface area (Å²) in [5.74, 6) is 0.633. The minimum absolute atomic E-state index is 0.0135. The molecule has 164 valence electrons. The van der Waals surface area contributed by atoms with Crippen molar-refractivity contribution in [1.82, 2.24) is 0 Å². The van der Waals surface area contributed by atoms with Crippen molar-refractivity contribution in [2.24, 2.45) is 0 Å². The Morgan fingerprint density at radius 3 is 2.20 bits per heavy atom. The number of nitrogen functional groups attached to an aromatic ring is 2. The van der Waals surface area contributed by atoms with Gasteiger partial charge in [0.1, 0.15) is 11.4 Å². The highest BCUT2D eigenvalue weighted by atomic mass is 16.6. The molecule has 6 nitrogen and oxygen atoms in total. The van der Waals surface area contributed by atoms with E-state index in [1.165, 1.54) is 4.90 Å². The lowest BCUT2D eigenvalue weighted by Crippen LogP contribution is -2.34. The molecule has 0 aromatic heterocycles. The van der Waals surface area contributed by atoms with Gasteiger partial charge in [-0.3, -0.25) is 4.90 Å². The Kier molecular flexibility index (Phi) is 6.91. The van der Waals surface area contributed by atoms with Crippen LogP contribution in [0.5, 0.6) is 5.75 Å². The molecule has 6 heteroatoms. The van der Waals surface area contributed by atoms with Crippen molar-refractivity contribution in [3.63, 3.8) is 0 Å². The van der Waals surface area contributed by atoms with Crippen LogP contribution in [0.15, 0.2) is 36.4 Å². The fourth-order valence-corrected chi connectivity index (χ4v) is 3.07. The Morgan fingerprint density at radius 2 is 1.63 bits per heavy atom. The number of benzene rings is 2. The maximum atomic E-state index is 12.3. The van der Waals surface area contributed by atoms with Gasteiger partial charge in [0.05, 0.1) is 18.0 Å². The molecule has 0 bridgehead atoms. The molecule has 0 aliphatic carbocycles. The van der Waals surface area contributed by atoms with Crippen LogP contribution in [0.1, 0.15) is 52.7 Å². The third-order valence-corrected chi connectivity index (χ3v) is 4.61. The number of amides is 1. The number of carbonyl (C=O) groups is 1. The van der Waals surface area contributed by atoms with Crippen molar-refractivity contribution in [2.75, 3.05) is 30.0 Å². The van der Waals surface area contributed by atoms with E-state index in [2.05, 4.69) is 32.9 Å². The molecule has 0 atom stereocenters. The fraction of sp³-hybridized carbons (Fsp3) is 0.458. The molecule has 2 aromatic carbocycles. The molecule has 0 saturated carbocycles. The Morgan fingerprint density at radius 1 is 0.967 bits per heavy atom. The summed E-state index contributed by atoms with van der Waals surface area (Å²) in [6, 6.07) is 11.4. The first kappa shape index (κ1) is 23.4. The molecule has 2 rings (SSSR count). The number of rotatable bonds is 5. The minimum Gasteiger partial charge on any atom is -0.493 e. The van der Waals surface area contributed by atoms with Crippen LogP contribution in [0.25, 0.3) is 0 Å². The molecule has 0 saturated heterocycles. The molecule has 0 fully saturated rings. The zero-order valence-electron chi connectivity index (χ0n) is 19.2. The van der Waals surface area contributed by atoms with Gasteiger partial charge >= 0.3 is 6.09 Å². The molecular weight excluding hydrogens is 378 g/mol. The standard InChI is InChI=1S/C24H35N3O3/c1-23(2,3)18-10-8-16(14-20(18)26)12-13-29-17-9-11-19(25)21(15-17)27(7)22(28)30-24(4,5)6/h8-11,14-15H,12-13,25-26H2,1-7H3. The van der Waals surface area contributed by atoms with Crippen molar-refractivity contribution >= 4 is 23.2 Å². The summed E-state index contributed by atoms with van der Waals surface area (Å²) in [5, 5.41) is 0. The van der Waals surface area contributed by atoms with Crippen LogP contribution in [0.3, 0.4) is 0 Å². The average molecular weight is 414 g/mol. The maximum absolute atomic E-state index is 12.3. The molecule has 0 radical (unpaired) electrons. The number of ether oxygens (including phenoxy) is 2. The highest BCUT2D eigenvalue weighted by molar-refractivity contribution is 5.91. The van der Waals surface area contributed by atoms with Crippen LogP contribution < -0.4 is 21.1 Å². The summed E-state index contributed by atoms with van der Waals surface area (Å²) in [7, 11) is 1.63. The summed E-state index contributed by atoms with van der Waals surface area (Å²) in [6.45, 7) is 12.4. The highest BCUT2D eigenvalue weighted by Gasteiger charge is 2.22. The van der Waals surface area contributed by atoms with Gasteiger partial charge in [-0.15, -0.1) is 0 Å². The zero-order chi connectivity index (χ0) is 22.7. The van der Waals surface area contributed by atoms with Gasteiger partial charge in [-0.2, -0.15) is 0 Å². The smallest absolute Gasteiger partial charge is 0.414 e. The average Bonchev–Trinajstić information content (AvgIpc) is 2.60. The predicted octanol–water partition coefficient (Wildman–Crippen LogP) is 5.14. The van der Waals surface area contributed by atoms with E-state index in [0.29, 0.717) is 23.7 Å². The second-order valence-corrected chi connectivity index (χ2v) is 9.53. The van der Waals surface area contributed by atoms with Crippen LogP contribution >= 0.6 is 0 Å². The molecule has 1 amide bonds. The van der Waals surface area contributed by atoms with Gasteiger partial charge in [-0.05, 0) is 55.5 Å². The van der Waals surface area contributed by atoms with Crippen molar-refractivity contribution < 1.29 is 14.3 Å². The second-order valence-electron chi connectivity index (χ2n) is 9.53. The first-order chi connectivity index (χ1) is 13.8. The van der Waals surface area contributed by atoms with Gasteiger partial charge in [0.25, 0.3) is 0 Å². The molecule has 0 aliphatic heterocycles. The second kappa shape index (κ2) is 8.86. The van der Waals surface area contributed by atoms with Gasteiger partial charge in [0.15, 0.2) is 0 Å². The van der Waals surface area contributed by atoms with Gasteiger partial charge < -0.3 is 20.9 Å². The molecule has 0 aliphatic rings. The van der Waals surface area contributed by atoms with Crippen molar-refractivity contribution in [3.05, 3.63) is 47.5 Å². The highest BCUT2D eigenvalue weighted by Crippen LogP contribution is 2.30. The Balaban J connectivity index is 2.04. The first-order valence-electron chi connectivity index (χ1n) is 10.2. The van der Waals surface area contributed by atoms with E-state index in [1.54, 1.807) is 25.2 Å². The summed E-state index contributed by atoms with van der Waals surface area (Å²) < 4.78 is 11.3. The van der Waals surface area contributed by atoms with E-state index < -0.39 is 11.7 Å². The van der Waals surface area contributed by atoms with Crippen molar-refractivity contribution in [2.45, 2.75) is 59.0 Å². The molecule has 0 unspecified atom stereocenters. The fourth-order valence-electron chi connectivity index (χ4n) is 3.07. The van der Waals surface area contributed by atoms with E-state index in [-0.39, 0.29) is 5.41 Å². The first-order valence-corrected chi connectivity index (χ1v) is 10.2. The third-order valence-electron chi connectivity index (χ3n) is 4.61. The minimum atomic E-state index is -0.585. The predicted molar refractivity (Wildman–Crippen MR) is 124 cm³/mol. The van der Waals surface area contributed by atoms with Gasteiger partial charge in [0.2, 0.25) is 0 Å².